The maximum atomic E-state index is 11.6. The second-order valence-electron chi connectivity index (χ2n) is 5.76. The molecule has 2 rings (SSSR count). The molecule has 1 aliphatic heterocycles. The number of benzene rings is 1. The first kappa shape index (κ1) is 16.0. The van der Waals surface area contributed by atoms with Gasteiger partial charge in [0.2, 0.25) is 0 Å². The summed E-state index contributed by atoms with van der Waals surface area (Å²) in [5.41, 5.74) is 1.13. The van der Waals surface area contributed by atoms with Crippen molar-refractivity contribution in [2.24, 2.45) is 5.92 Å². The van der Waals surface area contributed by atoms with Gasteiger partial charge >= 0.3 is 5.97 Å². The van der Waals surface area contributed by atoms with Gasteiger partial charge in [0.15, 0.2) is 5.79 Å². The molecule has 0 aromatic heterocycles. The number of carbonyl (C=O) groups excluding carboxylic acids is 1. The highest BCUT2D eigenvalue weighted by atomic mass is 16.7. The van der Waals surface area contributed by atoms with Crippen LogP contribution in [0.15, 0.2) is 30.3 Å². The number of hydrogen-bond donors (Lipinski definition) is 0. The quantitative estimate of drug-likeness (QED) is 0.780. The molecule has 0 N–H and O–H groups in total. The zero-order chi connectivity index (χ0) is 15.3. The summed E-state index contributed by atoms with van der Waals surface area (Å²) in [5.74, 6) is -0.597. The van der Waals surface area contributed by atoms with E-state index in [4.69, 9.17) is 14.2 Å². The van der Waals surface area contributed by atoms with Gasteiger partial charge in [-0.05, 0) is 32.8 Å². The molecule has 0 amide bonds. The summed E-state index contributed by atoms with van der Waals surface area (Å²) in [7, 11) is 0. The molecular weight excluding hydrogens is 268 g/mol. The van der Waals surface area contributed by atoms with Gasteiger partial charge in [-0.3, -0.25) is 4.79 Å². The van der Waals surface area contributed by atoms with E-state index in [1.807, 2.05) is 39.0 Å². The van der Waals surface area contributed by atoms with Crippen LogP contribution < -0.4 is 0 Å². The van der Waals surface area contributed by atoms with Crippen LogP contribution in [-0.4, -0.2) is 25.0 Å². The van der Waals surface area contributed by atoms with Crippen molar-refractivity contribution in [3.63, 3.8) is 0 Å². The van der Waals surface area contributed by atoms with Crippen LogP contribution in [0.25, 0.3) is 0 Å². The van der Waals surface area contributed by atoms with Gasteiger partial charge in [-0.2, -0.15) is 0 Å². The second kappa shape index (κ2) is 7.05. The Morgan fingerprint density at radius 3 is 2.71 bits per heavy atom. The summed E-state index contributed by atoms with van der Waals surface area (Å²) in [5, 5.41) is 0. The monoisotopic (exact) mass is 292 g/mol. The summed E-state index contributed by atoms with van der Waals surface area (Å²) in [4.78, 5) is 11.6. The number of hydrogen-bond acceptors (Lipinski definition) is 4. The van der Waals surface area contributed by atoms with Crippen LogP contribution >= 0.6 is 0 Å². The number of rotatable bonds is 5. The molecule has 0 aliphatic carbocycles. The van der Waals surface area contributed by atoms with Crippen LogP contribution in [0.4, 0.5) is 0 Å². The fraction of sp³-hybridized carbons (Fsp3) is 0.588. The normalized spacial score (nSPS) is 24.5. The summed E-state index contributed by atoms with van der Waals surface area (Å²) in [6.45, 7) is 6.67. The van der Waals surface area contributed by atoms with Crippen LogP contribution in [0.3, 0.4) is 0 Å². The second-order valence-corrected chi connectivity index (χ2v) is 5.76. The van der Waals surface area contributed by atoms with Crippen molar-refractivity contribution in [2.75, 3.05) is 13.2 Å². The van der Waals surface area contributed by atoms with Gasteiger partial charge in [0.1, 0.15) is 0 Å². The molecule has 2 atom stereocenters. The minimum atomic E-state index is -0.596. The Bertz CT molecular complexity index is 455. The van der Waals surface area contributed by atoms with Gasteiger partial charge in [-0.15, -0.1) is 0 Å². The van der Waals surface area contributed by atoms with E-state index in [-0.39, 0.29) is 18.0 Å². The minimum absolute atomic E-state index is 0.0515. The Morgan fingerprint density at radius 1 is 1.33 bits per heavy atom. The van der Waals surface area contributed by atoms with Gasteiger partial charge in [0, 0.05) is 12.3 Å². The maximum absolute atomic E-state index is 11.6. The molecule has 0 saturated carbocycles. The predicted molar refractivity (Wildman–Crippen MR) is 79.7 cm³/mol. The molecule has 0 radical (unpaired) electrons. The highest BCUT2D eigenvalue weighted by Gasteiger charge is 2.37. The first-order valence-electron chi connectivity index (χ1n) is 7.54. The van der Waals surface area contributed by atoms with E-state index in [1.165, 1.54) is 0 Å². The highest BCUT2D eigenvalue weighted by molar-refractivity contribution is 5.69. The average Bonchev–Trinajstić information content (AvgIpc) is 2.46. The lowest BCUT2D eigenvalue weighted by molar-refractivity contribution is -0.296. The zero-order valence-corrected chi connectivity index (χ0v) is 13.0. The van der Waals surface area contributed by atoms with E-state index >= 15 is 0 Å². The molecule has 1 aromatic carbocycles. The molecule has 1 aliphatic rings. The van der Waals surface area contributed by atoms with Crippen LogP contribution in [0.2, 0.25) is 0 Å². The Kier molecular flexibility index (Phi) is 5.37. The van der Waals surface area contributed by atoms with Crippen molar-refractivity contribution in [3.05, 3.63) is 35.9 Å². The van der Waals surface area contributed by atoms with Gasteiger partial charge < -0.3 is 14.2 Å². The lowest BCUT2D eigenvalue weighted by Gasteiger charge is -2.41. The first-order valence-corrected chi connectivity index (χ1v) is 7.54. The molecule has 4 nitrogen and oxygen atoms in total. The van der Waals surface area contributed by atoms with Crippen molar-refractivity contribution in [3.8, 4) is 0 Å². The van der Waals surface area contributed by atoms with Gasteiger partial charge in [-0.25, -0.2) is 0 Å². The van der Waals surface area contributed by atoms with E-state index in [1.54, 1.807) is 0 Å². The van der Waals surface area contributed by atoms with Crippen LogP contribution in [0.5, 0.6) is 0 Å². The molecule has 1 aromatic rings. The third-order valence-electron chi connectivity index (χ3n) is 3.64. The van der Waals surface area contributed by atoms with Gasteiger partial charge in [0.25, 0.3) is 0 Å². The first-order chi connectivity index (χ1) is 10.0. The predicted octanol–water partition coefficient (Wildman–Crippen LogP) is 3.47. The van der Waals surface area contributed by atoms with Crippen LogP contribution in [0, 0.1) is 5.92 Å². The smallest absolute Gasteiger partial charge is 0.305 e. The lowest BCUT2D eigenvalue weighted by atomic mass is 9.90. The van der Waals surface area contributed by atoms with E-state index in [2.05, 4.69) is 12.1 Å². The molecule has 21 heavy (non-hydrogen) atoms. The Morgan fingerprint density at radius 2 is 2.05 bits per heavy atom. The SMILES string of the molecule is CCOC(=O)CC[C@@H]1COC(C)(C)O[C@@H]1c1ccccc1. The fourth-order valence-corrected chi connectivity index (χ4v) is 2.59. The molecule has 116 valence electrons. The molecular formula is C17H24O4. The molecule has 0 bridgehead atoms. The van der Waals surface area contributed by atoms with Gasteiger partial charge in [-0.1, -0.05) is 30.3 Å². The van der Waals surface area contributed by atoms with Crippen LogP contribution in [-0.2, 0) is 19.0 Å². The Hall–Kier alpha value is -1.39. The molecule has 0 unspecified atom stereocenters. The van der Waals surface area contributed by atoms with E-state index < -0.39 is 5.79 Å². The van der Waals surface area contributed by atoms with E-state index in [0.717, 1.165) is 5.56 Å². The van der Waals surface area contributed by atoms with Crippen molar-refractivity contribution >= 4 is 5.97 Å². The molecule has 1 heterocycles. The summed E-state index contributed by atoms with van der Waals surface area (Å²) >= 11 is 0. The Balaban J connectivity index is 2.05. The third kappa shape index (κ3) is 4.55. The summed E-state index contributed by atoms with van der Waals surface area (Å²) < 4.78 is 16.8. The van der Waals surface area contributed by atoms with Crippen molar-refractivity contribution in [2.45, 2.75) is 45.5 Å². The van der Waals surface area contributed by atoms with Crippen molar-refractivity contribution in [1.29, 1.82) is 0 Å². The maximum Gasteiger partial charge on any atom is 0.305 e. The number of carbonyl (C=O) groups is 1. The topological polar surface area (TPSA) is 44.8 Å². The van der Waals surface area contributed by atoms with Crippen LogP contribution in [0.1, 0.15) is 45.3 Å². The fourth-order valence-electron chi connectivity index (χ4n) is 2.59. The number of ether oxygens (including phenoxy) is 3. The Labute approximate surface area is 126 Å². The lowest BCUT2D eigenvalue weighted by Crippen LogP contribution is -2.41. The van der Waals surface area contributed by atoms with E-state index in [0.29, 0.717) is 26.1 Å². The van der Waals surface area contributed by atoms with Crippen molar-refractivity contribution < 1.29 is 19.0 Å². The molecule has 1 saturated heterocycles. The standard InChI is InChI=1S/C17H24O4/c1-4-19-15(18)11-10-14-12-20-17(2,3)21-16(14)13-8-6-5-7-9-13/h5-9,14,16H,4,10-12H2,1-3H3/t14-,16-/m1/s1. The van der Waals surface area contributed by atoms with Gasteiger partial charge in [0.05, 0.1) is 19.3 Å². The van der Waals surface area contributed by atoms with E-state index in [9.17, 15) is 4.79 Å². The molecule has 4 heteroatoms. The average molecular weight is 292 g/mol. The molecule has 1 fully saturated rings. The highest BCUT2D eigenvalue weighted by Crippen LogP contribution is 2.38. The minimum Gasteiger partial charge on any atom is -0.466 e. The van der Waals surface area contributed by atoms with Crippen molar-refractivity contribution in [1.82, 2.24) is 0 Å². The third-order valence-corrected chi connectivity index (χ3v) is 3.64. The summed E-state index contributed by atoms with van der Waals surface area (Å²) in [6, 6.07) is 10.1. The molecule has 0 spiro atoms. The largest absolute Gasteiger partial charge is 0.466 e. The number of esters is 1. The summed E-state index contributed by atoms with van der Waals surface area (Å²) in [6.07, 6.45) is 1.05. The zero-order valence-electron chi connectivity index (χ0n) is 13.0.